The molecular formula is C10H9N5. The summed E-state index contributed by atoms with van der Waals surface area (Å²) in [6.07, 6.45) is 5.40. The maximum absolute atomic E-state index is 4.25. The van der Waals surface area contributed by atoms with E-state index in [1.807, 2.05) is 40.5 Å². The molecule has 0 unspecified atom stereocenters. The number of hydrogen-bond acceptors (Lipinski definition) is 3. The average molecular weight is 199 g/mol. The van der Waals surface area contributed by atoms with Crippen molar-refractivity contribution < 1.29 is 0 Å². The number of aromatic nitrogens is 5. The van der Waals surface area contributed by atoms with Crippen molar-refractivity contribution in [1.82, 2.24) is 24.4 Å². The fraction of sp³-hybridized carbons (Fsp3) is 0.100. The molecule has 0 aliphatic rings. The summed E-state index contributed by atoms with van der Waals surface area (Å²) in [5.41, 5.74) is 2.03. The Morgan fingerprint density at radius 2 is 2.20 bits per heavy atom. The standard InChI is InChI=1S/C10H9N5/c1-14-7-11-13-10(14)8-6-12-15-5-3-2-4-9(8)15/h2-7H,1H3. The van der Waals surface area contributed by atoms with Crippen molar-refractivity contribution in [3.05, 3.63) is 36.9 Å². The van der Waals surface area contributed by atoms with Crippen LogP contribution in [0, 0.1) is 0 Å². The van der Waals surface area contributed by atoms with E-state index >= 15 is 0 Å². The normalized spacial score (nSPS) is 11.0. The van der Waals surface area contributed by atoms with Crippen LogP contribution in [-0.2, 0) is 7.05 Å². The minimum Gasteiger partial charge on any atom is -0.317 e. The Balaban J connectivity index is 2.32. The molecule has 0 aromatic carbocycles. The van der Waals surface area contributed by atoms with Gasteiger partial charge in [0.05, 0.1) is 17.3 Å². The van der Waals surface area contributed by atoms with E-state index in [0.29, 0.717) is 0 Å². The number of nitrogens with zero attached hydrogens (tertiary/aromatic N) is 5. The first-order valence-corrected chi connectivity index (χ1v) is 4.63. The zero-order chi connectivity index (χ0) is 10.3. The molecule has 5 nitrogen and oxygen atoms in total. The summed E-state index contributed by atoms with van der Waals surface area (Å²) in [5.74, 6) is 0.830. The van der Waals surface area contributed by atoms with Gasteiger partial charge >= 0.3 is 0 Å². The largest absolute Gasteiger partial charge is 0.317 e. The molecule has 0 radical (unpaired) electrons. The van der Waals surface area contributed by atoms with Gasteiger partial charge in [-0.3, -0.25) is 0 Å². The topological polar surface area (TPSA) is 48.0 Å². The molecule has 3 aromatic rings. The van der Waals surface area contributed by atoms with Crippen molar-refractivity contribution in [1.29, 1.82) is 0 Å². The molecule has 0 N–H and O–H groups in total. The summed E-state index contributed by atoms with van der Waals surface area (Å²) < 4.78 is 3.70. The number of rotatable bonds is 1. The second-order valence-corrected chi connectivity index (χ2v) is 3.35. The molecule has 0 saturated carbocycles. The molecule has 0 atom stereocenters. The van der Waals surface area contributed by atoms with E-state index in [0.717, 1.165) is 16.9 Å². The second kappa shape index (κ2) is 2.91. The van der Waals surface area contributed by atoms with E-state index < -0.39 is 0 Å². The smallest absolute Gasteiger partial charge is 0.167 e. The van der Waals surface area contributed by atoms with Crippen LogP contribution in [0.4, 0.5) is 0 Å². The highest BCUT2D eigenvalue weighted by atomic mass is 15.3. The van der Waals surface area contributed by atoms with Crippen molar-refractivity contribution in [3.8, 4) is 11.4 Å². The zero-order valence-electron chi connectivity index (χ0n) is 8.20. The summed E-state index contributed by atoms with van der Waals surface area (Å²) in [6, 6.07) is 5.94. The number of hydrogen-bond donors (Lipinski definition) is 0. The van der Waals surface area contributed by atoms with Crippen LogP contribution in [0.3, 0.4) is 0 Å². The number of fused-ring (bicyclic) bond motifs is 1. The molecule has 0 spiro atoms. The van der Waals surface area contributed by atoms with Crippen LogP contribution in [0.1, 0.15) is 0 Å². The first-order chi connectivity index (χ1) is 7.36. The maximum atomic E-state index is 4.25. The van der Waals surface area contributed by atoms with Gasteiger partial charge in [-0.15, -0.1) is 10.2 Å². The lowest BCUT2D eigenvalue weighted by atomic mass is 10.2. The third-order valence-electron chi connectivity index (χ3n) is 2.38. The van der Waals surface area contributed by atoms with Gasteiger partial charge in [-0.05, 0) is 12.1 Å². The highest BCUT2D eigenvalue weighted by molar-refractivity contribution is 5.75. The van der Waals surface area contributed by atoms with E-state index in [9.17, 15) is 0 Å². The van der Waals surface area contributed by atoms with E-state index in [4.69, 9.17) is 0 Å². The minimum absolute atomic E-state index is 0.830. The van der Waals surface area contributed by atoms with E-state index in [-0.39, 0.29) is 0 Å². The predicted molar refractivity (Wildman–Crippen MR) is 55.2 cm³/mol. The molecule has 0 aliphatic heterocycles. The van der Waals surface area contributed by atoms with Gasteiger partial charge in [0.2, 0.25) is 0 Å². The van der Waals surface area contributed by atoms with Gasteiger partial charge in [-0.25, -0.2) is 4.52 Å². The summed E-state index contributed by atoms with van der Waals surface area (Å²) in [5, 5.41) is 12.2. The van der Waals surface area contributed by atoms with Gasteiger partial charge in [0.1, 0.15) is 6.33 Å². The Kier molecular flexibility index (Phi) is 1.58. The van der Waals surface area contributed by atoms with Crippen LogP contribution in [-0.4, -0.2) is 24.4 Å². The van der Waals surface area contributed by atoms with Gasteiger partial charge in [0, 0.05) is 13.2 Å². The molecule has 3 aromatic heterocycles. The molecule has 5 heteroatoms. The predicted octanol–water partition coefficient (Wildman–Crippen LogP) is 1.13. The Labute approximate surface area is 86.0 Å². The highest BCUT2D eigenvalue weighted by Gasteiger charge is 2.10. The van der Waals surface area contributed by atoms with Crippen LogP contribution in [0.25, 0.3) is 16.9 Å². The van der Waals surface area contributed by atoms with Gasteiger partial charge in [0.25, 0.3) is 0 Å². The summed E-state index contributed by atoms with van der Waals surface area (Å²) >= 11 is 0. The van der Waals surface area contributed by atoms with Crippen molar-refractivity contribution in [3.63, 3.8) is 0 Å². The van der Waals surface area contributed by atoms with Crippen LogP contribution in [0.5, 0.6) is 0 Å². The fourth-order valence-electron chi connectivity index (χ4n) is 1.63. The van der Waals surface area contributed by atoms with Crippen LogP contribution in [0.15, 0.2) is 36.9 Å². The first kappa shape index (κ1) is 8.16. The van der Waals surface area contributed by atoms with Crippen molar-refractivity contribution in [2.75, 3.05) is 0 Å². The molecule has 0 aliphatic carbocycles. The summed E-state index contributed by atoms with van der Waals surface area (Å²) in [7, 11) is 1.92. The van der Waals surface area contributed by atoms with E-state index in [1.165, 1.54) is 0 Å². The summed E-state index contributed by atoms with van der Waals surface area (Å²) in [4.78, 5) is 0. The molecule has 0 amide bonds. The van der Waals surface area contributed by atoms with E-state index in [2.05, 4.69) is 15.3 Å². The lowest BCUT2D eigenvalue weighted by molar-refractivity contribution is 0.921. The van der Waals surface area contributed by atoms with Crippen LogP contribution >= 0.6 is 0 Å². The molecule has 0 fully saturated rings. The Morgan fingerprint density at radius 1 is 1.27 bits per heavy atom. The third-order valence-corrected chi connectivity index (χ3v) is 2.38. The molecule has 0 bridgehead atoms. The zero-order valence-corrected chi connectivity index (χ0v) is 8.20. The molecular weight excluding hydrogens is 190 g/mol. The van der Waals surface area contributed by atoms with Crippen molar-refractivity contribution >= 4 is 5.52 Å². The lowest BCUT2D eigenvalue weighted by Gasteiger charge is -1.97. The monoisotopic (exact) mass is 199 g/mol. The van der Waals surface area contributed by atoms with Gasteiger partial charge < -0.3 is 4.57 Å². The van der Waals surface area contributed by atoms with Crippen LogP contribution in [0.2, 0.25) is 0 Å². The number of pyridine rings is 1. The molecule has 74 valence electrons. The van der Waals surface area contributed by atoms with Crippen molar-refractivity contribution in [2.45, 2.75) is 0 Å². The third kappa shape index (κ3) is 1.13. The molecule has 15 heavy (non-hydrogen) atoms. The van der Waals surface area contributed by atoms with Crippen LogP contribution < -0.4 is 0 Å². The lowest BCUT2D eigenvalue weighted by Crippen LogP contribution is -1.90. The highest BCUT2D eigenvalue weighted by Crippen LogP contribution is 2.20. The average Bonchev–Trinajstić information content (AvgIpc) is 2.83. The maximum Gasteiger partial charge on any atom is 0.167 e. The fourth-order valence-corrected chi connectivity index (χ4v) is 1.63. The summed E-state index contributed by atoms with van der Waals surface area (Å²) in [6.45, 7) is 0. The number of aryl methyl sites for hydroxylation is 1. The Hall–Kier alpha value is -2.17. The minimum atomic E-state index is 0.830. The van der Waals surface area contributed by atoms with Gasteiger partial charge in [0.15, 0.2) is 5.82 Å². The first-order valence-electron chi connectivity index (χ1n) is 4.63. The van der Waals surface area contributed by atoms with Gasteiger partial charge in [-0.1, -0.05) is 6.07 Å². The molecule has 3 heterocycles. The van der Waals surface area contributed by atoms with Gasteiger partial charge in [-0.2, -0.15) is 5.10 Å². The quantitative estimate of drug-likeness (QED) is 0.590. The SMILES string of the molecule is Cn1cnnc1-c1cnn2ccccc12. The molecule has 3 rings (SSSR count). The Morgan fingerprint density at radius 3 is 3.00 bits per heavy atom. The second-order valence-electron chi connectivity index (χ2n) is 3.35. The Bertz CT molecular complexity index is 607. The molecule has 0 saturated heterocycles. The van der Waals surface area contributed by atoms with E-state index in [1.54, 1.807) is 12.5 Å². The van der Waals surface area contributed by atoms with Crippen molar-refractivity contribution in [2.24, 2.45) is 7.05 Å².